The van der Waals surface area contributed by atoms with E-state index < -0.39 is 5.97 Å². The molecule has 3 heterocycles. The molecule has 0 amide bonds. The lowest BCUT2D eigenvalue weighted by molar-refractivity contribution is 0.0697. The van der Waals surface area contributed by atoms with Crippen LogP contribution in [0.4, 0.5) is 0 Å². The van der Waals surface area contributed by atoms with E-state index >= 15 is 0 Å². The number of fused-ring (bicyclic) bond motifs is 2. The van der Waals surface area contributed by atoms with E-state index in [4.69, 9.17) is 5.11 Å². The van der Waals surface area contributed by atoms with Crippen LogP contribution in [0.3, 0.4) is 0 Å². The highest BCUT2D eigenvalue weighted by Gasteiger charge is 2.21. The Morgan fingerprint density at radius 2 is 2.26 bits per heavy atom. The summed E-state index contributed by atoms with van der Waals surface area (Å²) >= 11 is 1.26. The van der Waals surface area contributed by atoms with E-state index in [2.05, 4.69) is 14.6 Å². The molecule has 7 nitrogen and oxygen atoms in total. The zero-order valence-electron chi connectivity index (χ0n) is 11.8. The van der Waals surface area contributed by atoms with Crippen molar-refractivity contribution in [1.29, 1.82) is 0 Å². The summed E-state index contributed by atoms with van der Waals surface area (Å²) in [7, 11) is 0. The number of benzene rings is 1. The molecule has 0 radical (unpaired) electrons. The highest BCUT2D eigenvalue weighted by molar-refractivity contribution is 7.03. The number of nitrogens with zero attached hydrogens (tertiary/aromatic N) is 4. The zero-order valence-corrected chi connectivity index (χ0v) is 12.6. The molecule has 0 unspecified atom stereocenters. The topological polar surface area (TPSA) is 98.0 Å². The highest BCUT2D eigenvalue weighted by Crippen LogP contribution is 2.27. The van der Waals surface area contributed by atoms with E-state index in [0.717, 1.165) is 11.3 Å². The van der Waals surface area contributed by atoms with Gasteiger partial charge in [0.15, 0.2) is 0 Å². The van der Waals surface area contributed by atoms with Gasteiger partial charge in [-0.15, -0.1) is 5.10 Å². The fourth-order valence-corrected chi connectivity index (χ4v) is 3.11. The minimum absolute atomic E-state index is 0.113. The SMILES string of the molecule is O=C(O)c1ccc2c(=O)n3c(nc2c1)C(=Cc1csnn1)CC3. The van der Waals surface area contributed by atoms with Crippen LogP contribution in [0.2, 0.25) is 0 Å². The van der Waals surface area contributed by atoms with Gasteiger partial charge < -0.3 is 5.11 Å². The van der Waals surface area contributed by atoms with Crippen LogP contribution in [0.25, 0.3) is 22.6 Å². The lowest BCUT2D eigenvalue weighted by Crippen LogP contribution is -2.21. The number of aromatic nitrogens is 4. The normalized spacial score (nSPS) is 15.2. The van der Waals surface area contributed by atoms with Crippen LogP contribution in [0.15, 0.2) is 28.4 Å². The lowest BCUT2D eigenvalue weighted by Gasteiger charge is -2.06. The first kappa shape index (κ1) is 13.8. The molecule has 0 fully saturated rings. The number of carbonyl (C=O) groups is 1. The molecular formula is C15H10N4O3S. The molecule has 23 heavy (non-hydrogen) atoms. The van der Waals surface area contributed by atoms with Crippen LogP contribution in [-0.2, 0) is 6.54 Å². The molecule has 1 N–H and O–H groups in total. The number of hydrogen-bond acceptors (Lipinski definition) is 6. The quantitative estimate of drug-likeness (QED) is 0.772. The lowest BCUT2D eigenvalue weighted by atomic mass is 10.1. The van der Waals surface area contributed by atoms with Crippen molar-refractivity contribution in [2.24, 2.45) is 0 Å². The van der Waals surface area contributed by atoms with Gasteiger partial charge in [-0.2, -0.15) is 0 Å². The maximum Gasteiger partial charge on any atom is 0.335 e. The number of allylic oxidation sites excluding steroid dienone is 1. The standard InChI is InChI=1S/C15H10N4O3S/c20-14-11-2-1-9(15(21)22)6-12(11)16-13-8(3-4-19(13)14)5-10-7-23-18-17-10/h1-2,5-7H,3-4H2,(H,21,22). The van der Waals surface area contributed by atoms with E-state index in [0.29, 0.717) is 29.7 Å². The molecule has 0 saturated carbocycles. The number of rotatable bonds is 2. The Labute approximate surface area is 133 Å². The molecule has 0 spiro atoms. The summed E-state index contributed by atoms with van der Waals surface area (Å²) < 4.78 is 5.43. The number of aromatic carboxylic acids is 1. The van der Waals surface area contributed by atoms with Gasteiger partial charge in [0.25, 0.3) is 5.56 Å². The molecule has 0 atom stereocenters. The van der Waals surface area contributed by atoms with Crippen LogP contribution in [0, 0.1) is 0 Å². The van der Waals surface area contributed by atoms with Crippen LogP contribution in [0.1, 0.15) is 28.3 Å². The Morgan fingerprint density at radius 1 is 1.39 bits per heavy atom. The largest absolute Gasteiger partial charge is 0.478 e. The van der Waals surface area contributed by atoms with Gasteiger partial charge in [0, 0.05) is 11.9 Å². The molecule has 0 bridgehead atoms. The third-order valence-corrected chi connectivity index (χ3v) is 4.32. The molecule has 0 saturated heterocycles. The molecule has 1 aromatic carbocycles. The molecule has 3 aromatic rings. The van der Waals surface area contributed by atoms with Crippen molar-refractivity contribution in [2.45, 2.75) is 13.0 Å². The fraction of sp³-hybridized carbons (Fsp3) is 0.133. The van der Waals surface area contributed by atoms with E-state index in [1.165, 1.54) is 29.7 Å². The van der Waals surface area contributed by atoms with Crippen molar-refractivity contribution in [3.05, 3.63) is 51.0 Å². The molecule has 0 aliphatic carbocycles. The van der Waals surface area contributed by atoms with Crippen LogP contribution < -0.4 is 5.56 Å². The van der Waals surface area contributed by atoms with Crippen molar-refractivity contribution in [1.82, 2.24) is 19.1 Å². The van der Waals surface area contributed by atoms with E-state index in [1.807, 2.05) is 11.5 Å². The van der Waals surface area contributed by atoms with Gasteiger partial charge in [-0.05, 0) is 47.8 Å². The van der Waals surface area contributed by atoms with Gasteiger partial charge in [-0.3, -0.25) is 9.36 Å². The van der Waals surface area contributed by atoms with E-state index in [-0.39, 0.29) is 11.1 Å². The van der Waals surface area contributed by atoms with E-state index in [9.17, 15) is 9.59 Å². The Morgan fingerprint density at radius 3 is 3.00 bits per heavy atom. The predicted molar refractivity (Wildman–Crippen MR) is 85.4 cm³/mol. The zero-order chi connectivity index (χ0) is 16.0. The summed E-state index contributed by atoms with van der Waals surface area (Å²) in [5.74, 6) is -0.475. The summed E-state index contributed by atoms with van der Waals surface area (Å²) in [6.07, 6.45) is 2.55. The third-order valence-electron chi connectivity index (χ3n) is 3.79. The average molecular weight is 326 g/mol. The smallest absolute Gasteiger partial charge is 0.335 e. The fourth-order valence-electron chi connectivity index (χ4n) is 2.70. The van der Waals surface area contributed by atoms with Crippen molar-refractivity contribution in [3.63, 3.8) is 0 Å². The summed E-state index contributed by atoms with van der Waals surface area (Å²) in [4.78, 5) is 28.2. The van der Waals surface area contributed by atoms with Gasteiger partial charge >= 0.3 is 5.97 Å². The number of hydrogen-bond donors (Lipinski definition) is 1. The van der Waals surface area contributed by atoms with Crippen molar-refractivity contribution in [2.75, 3.05) is 0 Å². The summed E-state index contributed by atoms with van der Waals surface area (Å²) in [6, 6.07) is 4.38. The van der Waals surface area contributed by atoms with Gasteiger partial charge in [-0.1, -0.05) is 4.49 Å². The Kier molecular flexibility index (Phi) is 3.05. The first-order chi connectivity index (χ1) is 11.1. The predicted octanol–water partition coefficient (Wildman–Crippen LogP) is 1.89. The van der Waals surface area contributed by atoms with Crippen molar-refractivity contribution >= 4 is 40.1 Å². The average Bonchev–Trinajstić information content (AvgIpc) is 3.18. The van der Waals surface area contributed by atoms with Crippen LogP contribution in [-0.4, -0.2) is 30.2 Å². The third kappa shape index (κ3) is 2.23. The second-order valence-electron chi connectivity index (χ2n) is 5.18. The second-order valence-corrected chi connectivity index (χ2v) is 5.79. The molecule has 4 rings (SSSR count). The highest BCUT2D eigenvalue weighted by atomic mass is 32.1. The minimum Gasteiger partial charge on any atom is -0.478 e. The summed E-state index contributed by atoms with van der Waals surface area (Å²) in [5, 5.41) is 15.3. The second kappa shape index (κ2) is 5.10. The van der Waals surface area contributed by atoms with Crippen LogP contribution >= 0.6 is 11.5 Å². The number of carboxylic acid groups (broad SMARTS) is 1. The first-order valence-corrected chi connectivity index (χ1v) is 7.73. The van der Waals surface area contributed by atoms with Gasteiger partial charge in [0.1, 0.15) is 5.82 Å². The van der Waals surface area contributed by atoms with Crippen molar-refractivity contribution in [3.8, 4) is 0 Å². The maximum absolute atomic E-state index is 12.6. The summed E-state index contributed by atoms with van der Waals surface area (Å²) in [6.45, 7) is 0.557. The molecular weight excluding hydrogens is 316 g/mol. The maximum atomic E-state index is 12.6. The van der Waals surface area contributed by atoms with E-state index in [1.54, 1.807) is 4.57 Å². The summed E-state index contributed by atoms with van der Waals surface area (Å²) in [5.41, 5.74) is 1.98. The molecule has 1 aliphatic heterocycles. The Hall–Kier alpha value is -2.87. The molecule has 8 heteroatoms. The molecule has 2 aromatic heterocycles. The molecule has 114 valence electrons. The van der Waals surface area contributed by atoms with Gasteiger partial charge in [0.05, 0.1) is 22.2 Å². The van der Waals surface area contributed by atoms with Gasteiger partial charge in [0.2, 0.25) is 0 Å². The first-order valence-electron chi connectivity index (χ1n) is 6.89. The van der Waals surface area contributed by atoms with Crippen LogP contribution in [0.5, 0.6) is 0 Å². The molecule has 1 aliphatic rings. The van der Waals surface area contributed by atoms with Crippen molar-refractivity contribution < 1.29 is 9.90 Å². The Bertz CT molecular complexity index is 1020. The Balaban J connectivity index is 1.94. The minimum atomic E-state index is -1.04. The monoisotopic (exact) mass is 326 g/mol. The number of carboxylic acids is 1. The van der Waals surface area contributed by atoms with Gasteiger partial charge in [-0.25, -0.2) is 9.78 Å².